The molecule has 1 aliphatic rings. The summed E-state index contributed by atoms with van der Waals surface area (Å²) in [6.07, 6.45) is 5.83. The predicted molar refractivity (Wildman–Crippen MR) is 127 cm³/mol. The molecule has 0 N–H and O–H groups in total. The summed E-state index contributed by atoms with van der Waals surface area (Å²) in [5, 5.41) is 0.610. The van der Waals surface area contributed by atoms with Crippen molar-refractivity contribution in [1.82, 2.24) is 14.2 Å². The molecule has 174 valence electrons. The average molecular weight is 486 g/mol. The monoisotopic (exact) mass is 485 g/mol. The third-order valence-corrected chi connectivity index (χ3v) is 8.31. The highest BCUT2D eigenvalue weighted by molar-refractivity contribution is 7.99. The minimum atomic E-state index is -3.51. The molecule has 9 heteroatoms. The van der Waals surface area contributed by atoms with E-state index < -0.39 is 10.0 Å². The first kappa shape index (κ1) is 23.5. The molecule has 3 aromatic rings. The lowest BCUT2D eigenvalue weighted by atomic mass is 10.2. The predicted octanol–water partition coefficient (Wildman–Crippen LogP) is 4.17. The van der Waals surface area contributed by atoms with Crippen molar-refractivity contribution in [3.63, 3.8) is 0 Å². The molecule has 1 amide bonds. The molecule has 0 bridgehead atoms. The van der Waals surface area contributed by atoms with Crippen LogP contribution in [0.25, 0.3) is 0 Å². The number of aromatic nitrogens is 1. The zero-order chi connectivity index (χ0) is 23.1. The number of thioether (sulfide) groups is 1. The summed E-state index contributed by atoms with van der Waals surface area (Å²) in [5.74, 6) is 0.862. The average Bonchev–Trinajstić information content (AvgIpc) is 3.37. The lowest BCUT2D eigenvalue weighted by molar-refractivity contribution is -0.129. The summed E-state index contributed by atoms with van der Waals surface area (Å²) < 4.78 is 32.5. The maximum absolute atomic E-state index is 13.0. The van der Waals surface area contributed by atoms with Gasteiger partial charge in [-0.25, -0.2) is 13.4 Å². The Balaban J connectivity index is 1.39. The Bertz CT molecular complexity index is 1130. The standard InChI is InChI=1S/C24H27N3O4S2/c28-24(26(18-21-10-7-15-31-21)17-20-8-3-1-4-9-20)19-32-23-12-11-22(16-25-23)33(29,30)27-13-5-2-6-14-27/h1,3-4,7-12,15-16H,2,5-6,13-14,17-19H2. The van der Waals surface area contributed by atoms with Crippen LogP contribution in [0.5, 0.6) is 0 Å². The first-order valence-electron chi connectivity index (χ1n) is 11.0. The van der Waals surface area contributed by atoms with Gasteiger partial charge in [0.25, 0.3) is 0 Å². The van der Waals surface area contributed by atoms with Crippen molar-refractivity contribution in [1.29, 1.82) is 0 Å². The number of benzene rings is 1. The Morgan fingerprint density at radius 1 is 1.00 bits per heavy atom. The Morgan fingerprint density at radius 3 is 2.45 bits per heavy atom. The highest BCUT2D eigenvalue weighted by Gasteiger charge is 2.26. The molecule has 0 radical (unpaired) electrons. The van der Waals surface area contributed by atoms with Crippen LogP contribution in [0.4, 0.5) is 0 Å². The number of carbonyl (C=O) groups excluding carboxylic acids is 1. The van der Waals surface area contributed by atoms with Gasteiger partial charge in [0.1, 0.15) is 10.7 Å². The fraction of sp³-hybridized carbons (Fsp3) is 0.333. The number of pyridine rings is 1. The molecule has 7 nitrogen and oxygen atoms in total. The van der Waals surface area contributed by atoms with Crippen molar-refractivity contribution in [3.8, 4) is 0 Å². The van der Waals surface area contributed by atoms with Gasteiger partial charge in [-0.15, -0.1) is 0 Å². The molecule has 4 rings (SSSR count). The zero-order valence-electron chi connectivity index (χ0n) is 18.3. The first-order chi connectivity index (χ1) is 16.0. The fourth-order valence-corrected chi connectivity index (χ4v) is 5.92. The topological polar surface area (TPSA) is 83.7 Å². The van der Waals surface area contributed by atoms with E-state index in [4.69, 9.17) is 4.42 Å². The minimum absolute atomic E-state index is 0.0490. The second-order valence-corrected chi connectivity index (χ2v) is 10.8. The smallest absolute Gasteiger partial charge is 0.244 e. The summed E-state index contributed by atoms with van der Waals surface area (Å²) in [5.41, 5.74) is 1.04. The number of amides is 1. The Labute approximate surface area is 198 Å². The Morgan fingerprint density at radius 2 is 1.79 bits per heavy atom. The molecular weight excluding hydrogens is 458 g/mol. The van der Waals surface area contributed by atoms with Gasteiger partial charge in [-0.2, -0.15) is 4.31 Å². The van der Waals surface area contributed by atoms with Crippen molar-refractivity contribution < 1.29 is 17.6 Å². The highest BCUT2D eigenvalue weighted by atomic mass is 32.2. The number of nitrogens with zero attached hydrogens (tertiary/aromatic N) is 3. The van der Waals surface area contributed by atoms with Gasteiger partial charge in [0.15, 0.2) is 0 Å². The number of rotatable bonds is 9. The van der Waals surface area contributed by atoms with Crippen molar-refractivity contribution in [2.45, 2.75) is 42.3 Å². The summed E-state index contributed by atoms with van der Waals surface area (Å²) in [6, 6.07) is 16.7. The Hall–Kier alpha value is -2.62. The van der Waals surface area contributed by atoms with Gasteiger partial charge in [-0.1, -0.05) is 48.5 Å². The lowest BCUT2D eigenvalue weighted by Gasteiger charge is -2.25. The second kappa shape index (κ2) is 11.0. The summed E-state index contributed by atoms with van der Waals surface area (Å²) in [4.78, 5) is 19.3. The Kier molecular flexibility index (Phi) is 7.85. The van der Waals surface area contributed by atoms with E-state index in [-0.39, 0.29) is 16.6 Å². The lowest BCUT2D eigenvalue weighted by Crippen LogP contribution is -2.35. The van der Waals surface area contributed by atoms with E-state index in [1.807, 2.05) is 36.4 Å². The first-order valence-corrected chi connectivity index (χ1v) is 13.4. The molecule has 0 spiro atoms. The number of hydrogen-bond acceptors (Lipinski definition) is 6. The van der Waals surface area contributed by atoms with Gasteiger partial charge < -0.3 is 9.32 Å². The highest BCUT2D eigenvalue weighted by Crippen LogP contribution is 2.23. The molecule has 1 fully saturated rings. The molecule has 0 unspecified atom stereocenters. The molecule has 2 aromatic heterocycles. The van der Waals surface area contributed by atoms with Crippen LogP contribution in [0.3, 0.4) is 0 Å². The third-order valence-electron chi connectivity index (χ3n) is 5.50. The maximum atomic E-state index is 13.0. The van der Waals surface area contributed by atoms with E-state index >= 15 is 0 Å². The van der Waals surface area contributed by atoms with Gasteiger partial charge in [0.2, 0.25) is 15.9 Å². The van der Waals surface area contributed by atoms with Crippen LogP contribution in [-0.2, 0) is 27.9 Å². The number of carbonyl (C=O) groups is 1. The van der Waals surface area contributed by atoms with Crippen LogP contribution in [0.15, 0.2) is 81.4 Å². The van der Waals surface area contributed by atoms with Crippen molar-refractivity contribution in [2.24, 2.45) is 0 Å². The van der Waals surface area contributed by atoms with Crippen LogP contribution in [0.1, 0.15) is 30.6 Å². The zero-order valence-corrected chi connectivity index (χ0v) is 19.9. The number of furan rings is 1. The van der Waals surface area contributed by atoms with E-state index in [0.29, 0.717) is 31.2 Å². The number of hydrogen-bond donors (Lipinski definition) is 0. The molecule has 1 aromatic carbocycles. The van der Waals surface area contributed by atoms with E-state index in [1.165, 1.54) is 22.3 Å². The molecular formula is C24H27N3O4S2. The van der Waals surface area contributed by atoms with Gasteiger partial charge in [-0.3, -0.25) is 4.79 Å². The summed E-state index contributed by atoms with van der Waals surface area (Å²) in [7, 11) is -3.51. The largest absolute Gasteiger partial charge is 0.467 e. The third kappa shape index (κ3) is 6.25. The van der Waals surface area contributed by atoms with Crippen molar-refractivity contribution >= 4 is 27.7 Å². The summed E-state index contributed by atoms with van der Waals surface area (Å²) >= 11 is 1.29. The molecule has 3 heterocycles. The maximum Gasteiger partial charge on any atom is 0.244 e. The molecule has 1 saturated heterocycles. The molecule has 0 saturated carbocycles. The minimum Gasteiger partial charge on any atom is -0.467 e. The van der Waals surface area contributed by atoms with Gasteiger partial charge in [0, 0.05) is 25.8 Å². The van der Waals surface area contributed by atoms with Crippen LogP contribution in [-0.4, -0.2) is 47.4 Å². The molecule has 1 aliphatic heterocycles. The normalized spacial score (nSPS) is 14.8. The molecule has 0 aliphatic carbocycles. The van der Waals surface area contributed by atoms with Crippen molar-refractivity contribution in [3.05, 3.63) is 78.4 Å². The van der Waals surface area contributed by atoms with E-state index in [0.717, 1.165) is 30.6 Å². The van der Waals surface area contributed by atoms with E-state index in [1.54, 1.807) is 29.4 Å². The quantitative estimate of drug-likeness (QED) is 0.423. The van der Waals surface area contributed by atoms with Crippen LogP contribution >= 0.6 is 11.8 Å². The van der Waals surface area contributed by atoms with Crippen LogP contribution in [0.2, 0.25) is 0 Å². The van der Waals surface area contributed by atoms with Crippen LogP contribution in [0, 0.1) is 0 Å². The van der Waals surface area contributed by atoms with Crippen LogP contribution < -0.4 is 0 Å². The van der Waals surface area contributed by atoms with Gasteiger partial charge in [0.05, 0.1) is 23.6 Å². The summed E-state index contributed by atoms with van der Waals surface area (Å²) in [6.45, 7) is 1.96. The SMILES string of the molecule is O=C(CSc1ccc(S(=O)(=O)N2CCCCC2)cn1)N(Cc1ccccc1)Cc1ccco1. The molecule has 0 atom stereocenters. The molecule has 33 heavy (non-hydrogen) atoms. The second-order valence-electron chi connectivity index (χ2n) is 7.90. The van der Waals surface area contributed by atoms with E-state index in [2.05, 4.69) is 4.98 Å². The van der Waals surface area contributed by atoms with Gasteiger partial charge in [-0.05, 0) is 42.7 Å². The van der Waals surface area contributed by atoms with Gasteiger partial charge >= 0.3 is 0 Å². The fourth-order valence-electron chi connectivity index (χ4n) is 3.71. The van der Waals surface area contributed by atoms with Crippen molar-refractivity contribution in [2.75, 3.05) is 18.8 Å². The number of piperidine rings is 1. The van der Waals surface area contributed by atoms with E-state index in [9.17, 15) is 13.2 Å². The number of sulfonamides is 1.